The summed E-state index contributed by atoms with van der Waals surface area (Å²) in [6.45, 7) is 2.74. The molecule has 0 bridgehead atoms. The van der Waals surface area contributed by atoms with E-state index in [9.17, 15) is 4.79 Å². The molecule has 1 aromatic rings. The Kier molecular flexibility index (Phi) is 7.14. The molecule has 0 aromatic heterocycles. The fourth-order valence-electron chi connectivity index (χ4n) is 1.68. The number of nitrogens with one attached hydrogen (secondary N) is 1. The van der Waals surface area contributed by atoms with Crippen LogP contribution in [0, 0.1) is 0 Å². The zero-order valence-electron chi connectivity index (χ0n) is 10.6. The molecule has 0 radical (unpaired) electrons. The topological polar surface area (TPSA) is 29.1 Å². The van der Waals surface area contributed by atoms with E-state index in [0.29, 0.717) is 23.0 Å². The van der Waals surface area contributed by atoms with Gasteiger partial charge in [0.15, 0.2) is 0 Å². The lowest BCUT2D eigenvalue weighted by Gasteiger charge is -2.07. The molecule has 0 aliphatic rings. The average molecular weight is 288 g/mol. The van der Waals surface area contributed by atoms with Crippen molar-refractivity contribution in [3.05, 3.63) is 33.8 Å². The van der Waals surface area contributed by atoms with E-state index < -0.39 is 0 Å². The Hall–Kier alpha value is -0.730. The van der Waals surface area contributed by atoms with Crippen molar-refractivity contribution in [2.24, 2.45) is 0 Å². The Morgan fingerprint density at radius 2 is 2.06 bits per heavy atom. The van der Waals surface area contributed by atoms with Crippen LogP contribution in [0.2, 0.25) is 10.0 Å². The first-order valence-electron chi connectivity index (χ1n) is 6.34. The molecule has 0 saturated carbocycles. The molecule has 0 spiro atoms. The van der Waals surface area contributed by atoms with Crippen LogP contribution in [0.25, 0.3) is 0 Å². The van der Waals surface area contributed by atoms with Gasteiger partial charge in [-0.2, -0.15) is 0 Å². The first-order chi connectivity index (χ1) is 8.63. The minimum atomic E-state index is 0.119. The van der Waals surface area contributed by atoms with Crippen LogP contribution >= 0.6 is 23.2 Å². The van der Waals surface area contributed by atoms with Crippen LogP contribution in [0.4, 0.5) is 0 Å². The Balaban J connectivity index is 2.26. The van der Waals surface area contributed by atoms with Crippen LogP contribution in [-0.2, 0) is 11.2 Å². The number of hydrogen-bond acceptors (Lipinski definition) is 1. The van der Waals surface area contributed by atoms with Crippen molar-refractivity contribution in [1.29, 1.82) is 0 Å². The smallest absolute Gasteiger partial charge is 0.220 e. The molecule has 2 nitrogen and oxygen atoms in total. The van der Waals surface area contributed by atoms with Gasteiger partial charge >= 0.3 is 0 Å². The summed E-state index contributed by atoms with van der Waals surface area (Å²) < 4.78 is 0. The highest BCUT2D eigenvalue weighted by Gasteiger charge is 2.03. The molecule has 0 aliphatic heterocycles. The molecule has 4 heteroatoms. The molecule has 1 rings (SSSR count). The number of unbranched alkanes of at least 4 members (excludes halogenated alkanes) is 2. The summed E-state index contributed by atoms with van der Waals surface area (Å²) in [5.41, 5.74) is 1.01. The predicted octanol–water partition coefficient (Wildman–Crippen LogP) is 4.23. The molecular formula is C14H19Cl2NO. The summed E-state index contributed by atoms with van der Waals surface area (Å²) in [5.74, 6) is 0.119. The Morgan fingerprint density at radius 3 is 2.72 bits per heavy atom. The minimum absolute atomic E-state index is 0.119. The second-order valence-corrected chi connectivity index (χ2v) is 5.14. The standard InChI is InChI=1S/C14H19Cl2NO/c1-2-3-4-5-14(18)17-9-8-11-6-7-12(15)10-13(11)16/h6-7,10H,2-5,8-9H2,1H3,(H,17,18). The van der Waals surface area contributed by atoms with Gasteiger partial charge in [0.2, 0.25) is 5.91 Å². The van der Waals surface area contributed by atoms with Gasteiger partial charge in [-0.25, -0.2) is 0 Å². The zero-order valence-corrected chi connectivity index (χ0v) is 12.2. The fourth-order valence-corrected chi connectivity index (χ4v) is 2.19. The van der Waals surface area contributed by atoms with E-state index in [-0.39, 0.29) is 5.91 Å². The van der Waals surface area contributed by atoms with Gasteiger partial charge in [0.25, 0.3) is 0 Å². The summed E-state index contributed by atoms with van der Waals surface area (Å²) in [6, 6.07) is 5.43. The van der Waals surface area contributed by atoms with Gasteiger partial charge < -0.3 is 5.32 Å². The maximum Gasteiger partial charge on any atom is 0.220 e. The third-order valence-corrected chi connectivity index (χ3v) is 3.33. The van der Waals surface area contributed by atoms with Crippen LogP contribution < -0.4 is 5.32 Å². The van der Waals surface area contributed by atoms with Crippen LogP contribution in [0.1, 0.15) is 38.2 Å². The number of halogens is 2. The summed E-state index contributed by atoms with van der Waals surface area (Å²) in [4.78, 5) is 11.5. The van der Waals surface area contributed by atoms with E-state index >= 15 is 0 Å². The Morgan fingerprint density at radius 1 is 1.28 bits per heavy atom. The third-order valence-electron chi connectivity index (χ3n) is 2.74. The van der Waals surface area contributed by atoms with Crippen molar-refractivity contribution < 1.29 is 4.79 Å². The molecule has 0 atom stereocenters. The zero-order chi connectivity index (χ0) is 13.4. The van der Waals surface area contributed by atoms with Crippen LogP contribution in [0.5, 0.6) is 0 Å². The molecule has 1 amide bonds. The maximum atomic E-state index is 11.5. The maximum absolute atomic E-state index is 11.5. The Labute approximate surface area is 119 Å². The first-order valence-corrected chi connectivity index (χ1v) is 7.09. The lowest BCUT2D eigenvalue weighted by molar-refractivity contribution is -0.121. The van der Waals surface area contributed by atoms with Gasteiger partial charge in [-0.3, -0.25) is 4.79 Å². The van der Waals surface area contributed by atoms with Crippen LogP contribution in [0.3, 0.4) is 0 Å². The summed E-state index contributed by atoms with van der Waals surface area (Å²) >= 11 is 11.9. The van der Waals surface area contributed by atoms with E-state index in [2.05, 4.69) is 12.2 Å². The quantitative estimate of drug-likeness (QED) is 0.747. The molecule has 0 heterocycles. The molecule has 0 saturated heterocycles. The van der Waals surface area contributed by atoms with Gasteiger partial charge in [-0.05, 0) is 30.5 Å². The molecule has 0 aliphatic carbocycles. The van der Waals surface area contributed by atoms with Crippen molar-refractivity contribution in [2.75, 3.05) is 6.54 Å². The fraction of sp³-hybridized carbons (Fsp3) is 0.500. The van der Waals surface area contributed by atoms with Crippen molar-refractivity contribution >= 4 is 29.1 Å². The molecule has 18 heavy (non-hydrogen) atoms. The Bertz CT molecular complexity index is 393. The van der Waals surface area contributed by atoms with Crippen LogP contribution in [0.15, 0.2) is 18.2 Å². The number of hydrogen-bond donors (Lipinski definition) is 1. The molecule has 0 unspecified atom stereocenters. The second-order valence-electron chi connectivity index (χ2n) is 4.29. The van der Waals surface area contributed by atoms with Crippen LogP contribution in [-0.4, -0.2) is 12.5 Å². The summed E-state index contributed by atoms with van der Waals surface area (Å²) in [6.07, 6.45) is 4.55. The average Bonchev–Trinajstić information content (AvgIpc) is 2.32. The van der Waals surface area contributed by atoms with Gasteiger partial charge in [-0.15, -0.1) is 0 Å². The van der Waals surface area contributed by atoms with E-state index in [4.69, 9.17) is 23.2 Å². The number of carbonyl (C=O) groups is 1. The first kappa shape index (κ1) is 15.3. The number of amides is 1. The van der Waals surface area contributed by atoms with E-state index in [1.165, 1.54) is 0 Å². The monoisotopic (exact) mass is 287 g/mol. The molecular weight excluding hydrogens is 269 g/mol. The van der Waals surface area contributed by atoms with Crippen molar-refractivity contribution in [2.45, 2.75) is 39.0 Å². The lowest BCUT2D eigenvalue weighted by Crippen LogP contribution is -2.25. The number of benzene rings is 1. The highest BCUT2D eigenvalue weighted by Crippen LogP contribution is 2.20. The predicted molar refractivity (Wildman–Crippen MR) is 77.3 cm³/mol. The summed E-state index contributed by atoms with van der Waals surface area (Å²) in [5, 5.41) is 4.19. The molecule has 0 fully saturated rings. The van der Waals surface area contributed by atoms with E-state index in [1.807, 2.05) is 12.1 Å². The second kappa shape index (κ2) is 8.39. The lowest BCUT2D eigenvalue weighted by atomic mass is 10.1. The normalized spacial score (nSPS) is 10.4. The van der Waals surface area contributed by atoms with E-state index in [1.54, 1.807) is 6.07 Å². The van der Waals surface area contributed by atoms with Gasteiger partial charge in [-0.1, -0.05) is 49.0 Å². The number of rotatable bonds is 7. The SMILES string of the molecule is CCCCCC(=O)NCCc1ccc(Cl)cc1Cl. The third kappa shape index (κ3) is 5.74. The highest BCUT2D eigenvalue weighted by atomic mass is 35.5. The van der Waals surface area contributed by atoms with E-state index in [0.717, 1.165) is 31.2 Å². The van der Waals surface area contributed by atoms with Crippen molar-refractivity contribution in [3.63, 3.8) is 0 Å². The van der Waals surface area contributed by atoms with Gasteiger partial charge in [0, 0.05) is 23.0 Å². The van der Waals surface area contributed by atoms with Crippen molar-refractivity contribution in [1.82, 2.24) is 5.32 Å². The largest absolute Gasteiger partial charge is 0.356 e. The molecule has 100 valence electrons. The highest BCUT2D eigenvalue weighted by molar-refractivity contribution is 6.35. The number of carbonyl (C=O) groups excluding carboxylic acids is 1. The molecule has 1 N–H and O–H groups in total. The van der Waals surface area contributed by atoms with Gasteiger partial charge in [0.05, 0.1) is 0 Å². The minimum Gasteiger partial charge on any atom is -0.356 e. The van der Waals surface area contributed by atoms with Crippen molar-refractivity contribution in [3.8, 4) is 0 Å². The molecule has 1 aromatic carbocycles. The summed E-state index contributed by atoms with van der Waals surface area (Å²) in [7, 11) is 0. The van der Waals surface area contributed by atoms with Gasteiger partial charge in [0.1, 0.15) is 0 Å².